The van der Waals surface area contributed by atoms with Crippen LogP contribution in [0.25, 0.3) is 0 Å². The molecule has 1 unspecified atom stereocenters. The second-order valence-corrected chi connectivity index (χ2v) is 8.87. The highest BCUT2D eigenvalue weighted by Gasteiger charge is 2.39. The highest BCUT2D eigenvalue weighted by Crippen LogP contribution is 2.27. The van der Waals surface area contributed by atoms with Gasteiger partial charge in [0.25, 0.3) is 10.1 Å². The summed E-state index contributed by atoms with van der Waals surface area (Å²) in [6.07, 6.45) is 15.7. The largest absolute Gasteiger partial charge is 0.372 e. The molecule has 4 nitrogen and oxygen atoms in total. The van der Waals surface area contributed by atoms with Gasteiger partial charge in [-0.15, -0.1) is 0 Å². The van der Waals surface area contributed by atoms with Crippen molar-refractivity contribution in [1.82, 2.24) is 0 Å². The highest BCUT2D eigenvalue weighted by atomic mass is 32.2. The van der Waals surface area contributed by atoms with E-state index in [1.165, 1.54) is 51.4 Å². The summed E-state index contributed by atoms with van der Waals surface area (Å²) in [6.45, 7) is 4.25. The molecule has 0 saturated heterocycles. The molecule has 0 aliphatic heterocycles. The summed E-state index contributed by atoms with van der Waals surface area (Å²) in [6, 6.07) is 0. The summed E-state index contributed by atoms with van der Waals surface area (Å²) in [7, 11) is -4.40. The van der Waals surface area contributed by atoms with Crippen molar-refractivity contribution in [3.05, 3.63) is 0 Å². The minimum atomic E-state index is -4.40. The van der Waals surface area contributed by atoms with E-state index in [0.29, 0.717) is 12.8 Å². The summed E-state index contributed by atoms with van der Waals surface area (Å²) < 4.78 is 32.3. The summed E-state index contributed by atoms with van der Waals surface area (Å²) in [5.74, 6) is 0. The Morgan fingerprint density at radius 3 is 1.29 bits per heavy atom. The lowest BCUT2D eigenvalue weighted by Crippen LogP contribution is -2.38. The molecule has 0 bridgehead atoms. The molecule has 0 saturated carbocycles. The molecule has 1 atom stereocenters. The van der Waals surface area contributed by atoms with Crippen molar-refractivity contribution in [3.8, 4) is 0 Å². The lowest BCUT2D eigenvalue weighted by atomic mass is 10.0. The van der Waals surface area contributed by atoms with Gasteiger partial charge in [-0.2, -0.15) is 8.42 Å². The SMILES string of the molecule is CCCCCCCCCCCCCC(O)(CCCCC)S(=O)(=O)O. The molecule has 0 rings (SSSR count). The van der Waals surface area contributed by atoms with E-state index < -0.39 is 15.1 Å². The van der Waals surface area contributed by atoms with E-state index in [0.717, 1.165) is 25.7 Å². The predicted octanol–water partition coefficient (Wildman–Crippen LogP) is 5.84. The average molecular weight is 365 g/mol. The summed E-state index contributed by atoms with van der Waals surface area (Å²) in [4.78, 5) is -1.94. The Labute approximate surface area is 150 Å². The van der Waals surface area contributed by atoms with Crippen LogP contribution in [0, 0.1) is 0 Å². The fraction of sp³-hybridized carbons (Fsp3) is 1.00. The Morgan fingerprint density at radius 2 is 0.917 bits per heavy atom. The first kappa shape index (κ1) is 23.9. The van der Waals surface area contributed by atoms with Crippen LogP contribution in [0.4, 0.5) is 0 Å². The van der Waals surface area contributed by atoms with Gasteiger partial charge in [-0.1, -0.05) is 90.9 Å². The van der Waals surface area contributed by atoms with E-state index in [4.69, 9.17) is 0 Å². The molecule has 2 N–H and O–H groups in total. The average Bonchev–Trinajstić information content (AvgIpc) is 2.52. The van der Waals surface area contributed by atoms with Gasteiger partial charge in [-0.25, -0.2) is 0 Å². The molecule has 0 spiro atoms. The van der Waals surface area contributed by atoms with Crippen LogP contribution in [0.2, 0.25) is 0 Å². The molecule has 5 heteroatoms. The van der Waals surface area contributed by atoms with Crippen LogP contribution in [-0.2, 0) is 10.1 Å². The van der Waals surface area contributed by atoms with Gasteiger partial charge < -0.3 is 5.11 Å². The normalized spacial score (nSPS) is 14.7. The third kappa shape index (κ3) is 11.4. The standard InChI is InChI=1S/C19H40O4S/c1-3-5-7-8-9-10-11-12-13-14-16-18-19(20,24(21,22)23)17-15-6-4-2/h20H,3-18H2,1-2H3,(H,21,22,23). The first-order chi connectivity index (χ1) is 11.4. The molecular formula is C19H40O4S. The van der Waals surface area contributed by atoms with Crippen molar-refractivity contribution >= 4 is 10.1 Å². The maximum absolute atomic E-state index is 11.5. The molecule has 0 aliphatic carbocycles. The quantitative estimate of drug-likeness (QED) is 0.251. The molecule has 0 aromatic rings. The van der Waals surface area contributed by atoms with Crippen molar-refractivity contribution in [3.63, 3.8) is 0 Å². The molecular weight excluding hydrogens is 324 g/mol. The fourth-order valence-corrected chi connectivity index (χ4v) is 3.90. The Balaban J connectivity index is 3.77. The smallest absolute Gasteiger partial charge is 0.294 e. The van der Waals surface area contributed by atoms with Crippen molar-refractivity contribution in [2.24, 2.45) is 0 Å². The van der Waals surface area contributed by atoms with Crippen LogP contribution >= 0.6 is 0 Å². The fourth-order valence-electron chi connectivity index (χ4n) is 3.10. The Kier molecular flexibility index (Phi) is 14.0. The molecule has 0 heterocycles. The van der Waals surface area contributed by atoms with Crippen LogP contribution in [0.5, 0.6) is 0 Å². The van der Waals surface area contributed by atoms with E-state index in [-0.39, 0.29) is 12.8 Å². The van der Waals surface area contributed by atoms with Gasteiger partial charge in [0.1, 0.15) is 0 Å². The lowest BCUT2D eigenvalue weighted by molar-refractivity contribution is 0.0886. The second kappa shape index (κ2) is 14.1. The molecule has 0 fully saturated rings. The minimum absolute atomic E-state index is 0.136. The zero-order valence-corrected chi connectivity index (χ0v) is 16.7. The van der Waals surface area contributed by atoms with Gasteiger partial charge in [-0.05, 0) is 25.7 Å². The van der Waals surface area contributed by atoms with Gasteiger partial charge in [0, 0.05) is 0 Å². The molecule has 0 amide bonds. The first-order valence-corrected chi connectivity index (χ1v) is 11.5. The summed E-state index contributed by atoms with van der Waals surface area (Å²) in [5, 5.41) is 10.3. The number of hydrogen-bond acceptors (Lipinski definition) is 3. The van der Waals surface area contributed by atoms with Gasteiger partial charge in [-0.3, -0.25) is 4.55 Å². The molecule has 0 aromatic carbocycles. The van der Waals surface area contributed by atoms with Crippen molar-refractivity contribution in [2.75, 3.05) is 0 Å². The molecule has 0 aromatic heterocycles. The van der Waals surface area contributed by atoms with Crippen LogP contribution < -0.4 is 0 Å². The Morgan fingerprint density at radius 1 is 0.625 bits per heavy atom. The lowest BCUT2D eigenvalue weighted by Gasteiger charge is -2.24. The van der Waals surface area contributed by atoms with E-state index in [1.54, 1.807) is 0 Å². The minimum Gasteiger partial charge on any atom is -0.372 e. The third-order valence-corrected chi connectivity index (χ3v) is 6.19. The van der Waals surface area contributed by atoms with Gasteiger partial charge in [0.15, 0.2) is 4.93 Å². The number of unbranched alkanes of at least 4 members (excludes halogenated alkanes) is 12. The summed E-state index contributed by atoms with van der Waals surface area (Å²) >= 11 is 0. The third-order valence-electron chi connectivity index (χ3n) is 4.82. The Bertz CT molecular complexity index is 381. The monoisotopic (exact) mass is 364 g/mol. The van der Waals surface area contributed by atoms with Crippen molar-refractivity contribution < 1.29 is 18.1 Å². The number of hydrogen-bond donors (Lipinski definition) is 2. The van der Waals surface area contributed by atoms with Gasteiger partial charge in [0.2, 0.25) is 0 Å². The van der Waals surface area contributed by atoms with Crippen LogP contribution in [0.3, 0.4) is 0 Å². The highest BCUT2D eigenvalue weighted by molar-refractivity contribution is 7.87. The van der Waals surface area contributed by atoms with Crippen LogP contribution in [0.15, 0.2) is 0 Å². The van der Waals surface area contributed by atoms with E-state index in [1.807, 2.05) is 6.92 Å². The zero-order valence-electron chi connectivity index (χ0n) is 15.9. The molecule has 0 radical (unpaired) electrons. The van der Waals surface area contributed by atoms with E-state index in [2.05, 4.69) is 6.92 Å². The topological polar surface area (TPSA) is 74.6 Å². The summed E-state index contributed by atoms with van der Waals surface area (Å²) in [5.41, 5.74) is 0. The van der Waals surface area contributed by atoms with Crippen molar-refractivity contribution in [1.29, 1.82) is 0 Å². The van der Waals surface area contributed by atoms with E-state index in [9.17, 15) is 18.1 Å². The molecule has 146 valence electrons. The molecule has 24 heavy (non-hydrogen) atoms. The van der Waals surface area contributed by atoms with Gasteiger partial charge >= 0.3 is 0 Å². The van der Waals surface area contributed by atoms with E-state index >= 15 is 0 Å². The molecule has 0 aliphatic rings. The first-order valence-electron chi connectivity index (χ1n) is 10.1. The second-order valence-electron chi connectivity index (χ2n) is 7.16. The predicted molar refractivity (Wildman–Crippen MR) is 102 cm³/mol. The van der Waals surface area contributed by atoms with Crippen LogP contribution in [0.1, 0.15) is 117 Å². The number of aliphatic hydroxyl groups is 1. The van der Waals surface area contributed by atoms with Crippen molar-refractivity contribution in [2.45, 2.75) is 122 Å². The van der Waals surface area contributed by atoms with Gasteiger partial charge in [0.05, 0.1) is 0 Å². The zero-order chi connectivity index (χ0) is 18.3. The maximum atomic E-state index is 11.5. The number of rotatable bonds is 17. The Hall–Kier alpha value is -0.130. The van der Waals surface area contributed by atoms with Crippen LogP contribution in [-0.4, -0.2) is 23.0 Å². The maximum Gasteiger partial charge on any atom is 0.294 e.